The average Bonchev–Trinajstić information content (AvgIpc) is 2.53. The maximum Gasteiger partial charge on any atom is 0.0766 e. The number of nitrogens with zero attached hydrogens (tertiary/aromatic N) is 1. The maximum absolute atomic E-state index is 9.71. The van der Waals surface area contributed by atoms with E-state index in [-0.39, 0.29) is 12.6 Å². The van der Waals surface area contributed by atoms with Crippen molar-refractivity contribution in [3.05, 3.63) is 72.4 Å². The van der Waals surface area contributed by atoms with Gasteiger partial charge < -0.3 is 10.4 Å². The van der Waals surface area contributed by atoms with Gasteiger partial charge >= 0.3 is 0 Å². The number of aromatic nitrogens is 1. The predicted octanol–water partition coefficient (Wildman–Crippen LogP) is 3.38. The second-order valence-electron chi connectivity index (χ2n) is 4.67. The van der Waals surface area contributed by atoms with Crippen molar-refractivity contribution >= 4 is 16.6 Å². The summed E-state index contributed by atoms with van der Waals surface area (Å²) in [4.78, 5) is 4.44. The van der Waals surface area contributed by atoms with Crippen molar-refractivity contribution in [3.63, 3.8) is 0 Å². The summed E-state index contributed by atoms with van der Waals surface area (Å²) in [5.41, 5.74) is 2.92. The molecule has 1 unspecified atom stereocenters. The Morgan fingerprint density at radius 1 is 0.950 bits per heavy atom. The Hall–Kier alpha value is -2.39. The Labute approximate surface area is 117 Å². The number of hydrogen-bond donors (Lipinski definition) is 2. The number of hydrogen-bond acceptors (Lipinski definition) is 3. The number of fused-ring (bicyclic) bond motifs is 1. The van der Waals surface area contributed by atoms with Crippen LogP contribution in [0.2, 0.25) is 0 Å². The molecule has 0 aliphatic carbocycles. The van der Waals surface area contributed by atoms with E-state index in [0.717, 1.165) is 22.2 Å². The Morgan fingerprint density at radius 2 is 1.75 bits per heavy atom. The van der Waals surface area contributed by atoms with Gasteiger partial charge in [-0.25, -0.2) is 0 Å². The quantitative estimate of drug-likeness (QED) is 0.759. The number of para-hydroxylation sites is 2. The third-order valence-electron chi connectivity index (χ3n) is 3.34. The van der Waals surface area contributed by atoms with Gasteiger partial charge in [-0.2, -0.15) is 0 Å². The number of aliphatic hydroxyl groups is 1. The van der Waals surface area contributed by atoms with Crippen LogP contribution in [0.5, 0.6) is 0 Å². The van der Waals surface area contributed by atoms with Crippen molar-refractivity contribution in [2.24, 2.45) is 0 Å². The van der Waals surface area contributed by atoms with Crippen LogP contribution in [0.4, 0.5) is 5.69 Å². The maximum atomic E-state index is 9.71. The molecule has 0 aliphatic heterocycles. The summed E-state index contributed by atoms with van der Waals surface area (Å²) in [6.45, 7) is 0.0184. The molecular formula is C17H16N2O. The standard InChI is InChI=1S/C17H16N2O/c20-12-16(19-14-8-2-1-3-9-14)15-10-4-6-13-7-5-11-18-17(13)15/h1-11,16,19-20H,12H2. The third-order valence-corrected chi connectivity index (χ3v) is 3.34. The van der Waals surface area contributed by atoms with Gasteiger partial charge in [0.1, 0.15) is 0 Å². The van der Waals surface area contributed by atoms with Crippen LogP contribution < -0.4 is 5.32 Å². The number of rotatable bonds is 4. The summed E-state index contributed by atoms with van der Waals surface area (Å²) in [5.74, 6) is 0. The highest BCUT2D eigenvalue weighted by molar-refractivity contribution is 5.82. The number of aliphatic hydroxyl groups excluding tert-OH is 1. The van der Waals surface area contributed by atoms with Crippen molar-refractivity contribution < 1.29 is 5.11 Å². The van der Waals surface area contributed by atoms with Crippen molar-refractivity contribution in [2.75, 3.05) is 11.9 Å². The first-order chi connectivity index (χ1) is 9.88. The lowest BCUT2D eigenvalue weighted by Crippen LogP contribution is -2.15. The van der Waals surface area contributed by atoms with Crippen molar-refractivity contribution in [1.82, 2.24) is 4.98 Å². The van der Waals surface area contributed by atoms with E-state index in [1.807, 2.05) is 60.7 Å². The van der Waals surface area contributed by atoms with Crippen LogP contribution >= 0.6 is 0 Å². The van der Waals surface area contributed by atoms with Gasteiger partial charge in [0, 0.05) is 22.8 Å². The van der Waals surface area contributed by atoms with Gasteiger partial charge in [0.15, 0.2) is 0 Å². The first kappa shape index (κ1) is 12.6. The second-order valence-corrected chi connectivity index (χ2v) is 4.67. The molecule has 1 heterocycles. The smallest absolute Gasteiger partial charge is 0.0766 e. The Morgan fingerprint density at radius 3 is 2.55 bits per heavy atom. The fraction of sp³-hybridized carbons (Fsp3) is 0.118. The minimum Gasteiger partial charge on any atom is -0.394 e. The Bertz CT molecular complexity index is 692. The van der Waals surface area contributed by atoms with E-state index >= 15 is 0 Å². The second kappa shape index (κ2) is 5.72. The fourth-order valence-corrected chi connectivity index (χ4v) is 2.37. The van der Waals surface area contributed by atoms with E-state index in [0.29, 0.717) is 0 Å². The molecule has 3 nitrogen and oxygen atoms in total. The zero-order valence-electron chi connectivity index (χ0n) is 11.0. The number of nitrogens with one attached hydrogen (secondary N) is 1. The minimum atomic E-state index is -0.170. The van der Waals surface area contributed by atoms with Crippen LogP contribution in [-0.2, 0) is 0 Å². The van der Waals surface area contributed by atoms with E-state index in [4.69, 9.17) is 0 Å². The number of anilines is 1. The van der Waals surface area contributed by atoms with Gasteiger partial charge in [0.2, 0.25) is 0 Å². The van der Waals surface area contributed by atoms with E-state index in [1.165, 1.54) is 0 Å². The van der Waals surface area contributed by atoms with Gasteiger partial charge in [0.05, 0.1) is 18.2 Å². The molecule has 0 spiro atoms. The fourth-order valence-electron chi connectivity index (χ4n) is 2.37. The number of pyridine rings is 1. The molecule has 0 radical (unpaired) electrons. The van der Waals surface area contributed by atoms with Crippen molar-refractivity contribution in [2.45, 2.75) is 6.04 Å². The zero-order chi connectivity index (χ0) is 13.8. The van der Waals surface area contributed by atoms with Crippen LogP contribution in [0.25, 0.3) is 10.9 Å². The molecule has 3 heteroatoms. The minimum absolute atomic E-state index is 0.0184. The lowest BCUT2D eigenvalue weighted by molar-refractivity contribution is 0.277. The molecule has 1 atom stereocenters. The molecule has 0 fully saturated rings. The predicted molar refractivity (Wildman–Crippen MR) is 81.6 cm³/mol. The largest absolute Gasteiger partial charge is 0.394 e. The molecule has 100 valence electrons. The first-order valence-electron chi connectivity index (χ1n) is 6.64. The lowest BCUT2D eigenvalue weighted by Gasteiger charge is -2.19. The molecule has 3 rings (SSSR count). The van der Waals surface area contributed by atoms with E-state index in [9.17, 15) is 5.11 Å². The van der Waals surface area contributed by atoms with Crippen LogP contribution in [-0.4, -0.2) is 16.7 Å². The van der Waals surface area contributed by atoms with Gasteiger partial charge in [-0.15, -0.1) is 0 Å². The summed E-state index contributed by atoms with van der Waals surface area (Å²) >= 11 is 0. The molecule has 0 bridgehead atoms. The number of benzene rings is 2. The Kier molecular flexibility index (Phi) is 3.61. The van der Waals surface area contributed by atoms with Gasteiger partial charge in [-0.1, -0.05) is 42.5 Å². The molecule has 2 aromatic carbocycles. The molecule has 0 saturated carbocycles. The molecule has 0 amide bonds. The lowest BCUT2D eigenvalue weighted by atomic mass is 10.0. The summed E-state index contributed by atoms with van der Waals surface area (Å²) in [5, 5.41) is 14.1. The summed E-state index contributed by atoms with van der Waals surface area (Å²) < 4.78 is 0. The van der Waals surface area contributed by atoms with Crippen LogP contribution in [0.15, 0.2) is 66.9 Å². The molecule has 3 aromatic rings. The summed E-state index contributed by atoms with van der Waals surface area (Å²) in [6.07, 6.45) is 1.78. The normalized spacial score (nSPS) is 12.2. The molecular weight excluding hydrogens is 248 g/mol. The summed E-state index contributed by atoms with van der Waals surface area (Å²) in [6, 6.07) is 19.7. The topological polar surface area (TPSA) is 45.1 Å². The van der Waals surface area contributed by atoms with Crippen LogP contribution in [0, 0.1) is 0 Å². The monoisotopic (exact) mass is 264 g/mol. The molecule has 20 heavy (non-hydrogen) atoms. The highest BCUT2D eigenvalue weighted by atomic mass is 16.3. The highest BCUT2D eigenvalue weighted by Crippen LogP contribution is 2.25. The first-order valence-corrected chi connectivity index (χ1v) is 6.64. The van der Waals surface area contributed by atoms with Gasteiger partial charge in [-0.05, 0) is 18.2 Å². The van der Waals surface area contributed by atoms with Gasteiger partial charge in [0.25, 0.3) is 0 Å². The van der Waals surface area contributed by atoms with Crippen molar-refractivity contribution in [3.8, 4) is 0 Å². The molecule has 0 saturated heterocycles. The highest BCUT2D eigenvalue weighted by Gasteiger charge is 2.13. The van der Waals surface area contributed by atoms with Crippen molar-refractivity contribution in [1.29, 1.82) is 0 Å². The van der Waals surface area contributed by atoms with Gasteiger partial charge in [-0.3, -0.25) is 4.98 Å². The Balaban J connectivity index is 1.99. The van der Waals surface area contributed by atoms with Crippen LogP contribution in [0.1, 0.15) is 11.6 Å². The van der Waals surface area contributed by atoms with E-state index < -0.39 is 0 Å². The SMILES string of the molecule is OCC(Nc1ccccc1)c1cccc2cccnc12. The molecule has 2 N–H and O–H groups in total. The van der Waals surface area contributed by atoms with E-state index in [1.54, 1.807) is 6.20 Å². The summed E-state index contributed by atoms with van der Waals surface area (Å²) in [7, 11) is 0. The average molecular weight is 264 g/mol. The third kappa shape index (κ3) is 2.49. The molecule has 0 aliphatic rings. The van der Waals surface area contributed by atoms with E-state index in [2.05, 4.69) is 10.3 Å². The van der Waals surface area contributed by atoms with Crippen LogP contribution in [0.3, 0.4) is 0 Å². The zero-order valence-corrected chi connectivity index (χ0v) is 11.0. The molecule has 1 aromatic heterocycles.